The van der Waals surface area contributed by atoms with Crippen LogP contribution in [0.2, 0.25) is 0 Å². The average Bonchev–Trinajstić information content (AvgIpc) is 3.23. The number of aliphatic hydroxyl groups excluding tert-OH is 3. The van der Waals surface area contributed by atoms with E-state index in [1.165, 1.54) is 12.7 Å². The largest absolute Gasteiger partial charge is 0.394 e. The van der Waals surface area contributed by atoms with Gasteiger partial charge in [0.2, 0.25) is 0 Å². The van der Waals surface area contributed by atoms with E-state index in [-0.39, 0.29) is 6.61 Å². The van der Waals surface area contributed by atoms with Crippen molar-refractivity contribution in [3.05, 3.63) is 47.1 Å². The third kappa shape index (κ3) is 3.48. The van der Waals surface area contributed by atoms with E-state index in [0.29, 0.717) is 16.9 Å². The summed E-state index contributed by atoms with van der Waals surface area (Å²) in [6.07, 6.45) is -1.14. The molecule has 1 fully saturated rings. The quantitative estimate of drug-likeness (QED) is 0.498. The minimum Gasteiger partial charge on any atom is -0.394 e. The predicted molar refractivity (Wildman–Crippen MR) is 102 cm³/mol. The number of nitrogens with zero attached hydrogens (tertiary/aromatic N) is 4. The molecule has 0 radical (unpaired) electrons. The van der Waals surface area contributed by atoms with Crippen LogP contribution in [0.3, 0.4) is 0 Å². The maximum Gasteiger partial charge on any atom is 0.165 e. The summed E-state index contributed by atoms with van der Waals surface area (Å²) >= 11 is 5.15. The molecule has 0 amide bonds. The number of benzene rings is 1. The second-order valence-electron chi connectivity index (χ2n) is 6.09. The third-order valence-electron chi connectivity index (χ3n) is 4.43. The van der Waals surface area contributed by atoms with Gasteiger partial charge in [0, 0.05) is 15.1 Å². The van der Waals surface area contributed by atoms with Gasteiger partial charge < -0.3 is 20.1 Å². The first-order valence-corrected chi connectivity index (χ1v) is 10.0. The van der Waals surface area contributed by atoms with Crippen LogP contribution < -0.4 is 0 Å². The minimum absolute atomic E-state index is 0.385. The van der Waals surface area contributed by atoms with Crippen LogP contribution in [0.15, 0.2) is 46.3 Å². The fourth-order valence-electron chi connectivity index (χ4n) is 3.01. The van der Waals surface area contributed by atoms with Gasteiger partial charge in [-0.1, -0.05) is 12.1 Å². The second-order valence-corrected chi connectivity index (χ2v) is 7.96. The number of aliphatic hydroxyl groups is 3. The van der Waals surface area contributed by atoms with Crippen molar-refractivity contribution in [3.63, 3.8) is 0 Å². The summed E-state index contributed by atoms with van der Waals surface area (Å²) in [5, 5.41) is 29.5. The van der Waals surface area contributed by atoms with Crippen LogP contribution in [0.25, 0.3) is 11.2 Å². The number of rotatable bonds is 5. The van der Waals surface area contributed by atoms with Crippen LogP contribution in [-0.2, 0) is 10.5 Å². The standard InChI is InChI=1S/C17H17BrN4O4S/c18-9-3-1-2-4-12(9)27-6-10-13-16(20-7-19-10)22(8-21-13)17-15(25)14(24)11(5-23)26-17/h1-4,7-8,11,14-15,17,23-25H,5-6H2/t11-,14-,15-,17-/m1/s1. The van der Waals surface area contributed by atoms with Gasteiger partial charge in [0.05, 0.1) is 18.6 Å². The highest BCUT2D eigenvalue weighted by Crippen LogP contribution is 2.33. The summed E-state index contributed by atoms with van der Waals surface area (Å²) in [6, 6.07) is 7.93. The molecule has 1 saturated heterocycles. The molecule has 0 saturated carbocycles. The first-order valence-electron chi connectivity index (χ1n) is 8.26. The van der Waals surface area contributed by atoms with E-state index in [2.05, 4.69) is 30.9 Å². The zero-order chi connectivity index (χ0) is 19.0. The molecule has 142 valence electrons. The van der Waals surface area contributed by atoms with E-state index in [9.17, 15) is 15.3 Å². The fourth-order valence-corrected chi connectivity index (χ4v) is 4.52. The topological polar surface area (TPSA) is 114 Å². The van der Waals surface area contributed by atoms with Gasteiger partial charge in [-0.25, -0.2) is 15.0 Å². The predicted octanol–water partition coefficient (Wildman–Crippen LogP) is 1.49. The number of thioether (sulfide) groups is 1. The lowest BCUT2D eigenvalue weighted by Gasteiger charge is -2.16. The van der Waals surface area contributed by atoms with Gasteiger partial charge in [0.15, 0.2) is 11.9 Å². The molecule has 4 atom stereocenters. The molecule has 4 rings (SSSR count). The summed E-state index contributed by atoms with van der Waals surface area (Å²) in [4.78, 5) is 14.1. The van der Waals surface area contributed by atoms with Crippen molar-refractivity contribution in [1.29, 1.82) is 0 Å². The van der Waals surface area contributed by atoms with Gasteiger partial charge in [0.1, 0.15) is 30.2 Å². The smallest absolute Gasteiger partial charge is 0.165 e. The number of hydrogen-bond acceptors (Lipinski definition) is 8. The van der Waals surface area contributed by atoms with Crippen molar-refractivity contribution < 1.29 is 20.1 Å². The van der Waals surface area contributed by atoms with Gasteiger partial charge in [-0.05, 0) is 28.1 Å². The molecular weight excluding hydrogens is 436 g/mol. The van der Waals surface area contributed by atoms with Gasteiger partial charge in [-0.2, -0.15) is 0 Å². The molecule has 2 aromatic heterocycles. The Labute approximate surface area is 167 Å². The second kappa shape index (κ2) is 7.82. The number of aromatic nitrogens is 4. The number of ether oxygens (including phenoxy) is 1. The number of fused-ring (bicyclic) bond motifs is 1. The monoisotopic (exact) mass is 452 g/mol. The molecule has 0 spiro atoms. The van der Waals surface area contributed by atoms with Crippen LogP contribution >= 0.6 is 27.7 Å². The first kappa shape index (κ1) is 18.8. The normalized spacial score (nSPS) is 25.3. The Bertz CT molecular complexity index is 956. The molecule has 8 nitrogen and oxygen atoms in total. The van der Waals surface area contributed by atoms with Crippen molar-refractivity contribution in [2.45, 2.75) is 35.2 Å². The Morgan fingerprint density at radius 1 is 1.15 bits per heavy atom. The average molecular weight is 453 g/mol. The summed E-state index contributed by atoms with van der Waals surface area (Å²) < 4.78 is 8.15. The van der Waals surface area contributed by atoms with Crippen molar-refractivity contribution in [2.75, 3.05) is 6.61 Å². The van der Waals surface area contributed by atoms with Gasteiger partial charge in [0.25, 0.3) is 0 Å². The van der Waals surface area contributed by atoms with Crippen molar-refractivity contribution in [2.24, 2.45) is 0 Å². The Balaban J connectivity index is 1.61. The molecule has 10 heteroatoms. The highest BCUT2D eigenvalue weighted by Gasteiger charge is 2.44. The van der Waals surface area contributed by atoms with Crippen molar-refractivity contribution >= 4 is 38.9 Å². The Morgan fingerprint density at radius 3 is 2.70 bits per heavy atom. The summed E-state index contributed by atoms with van der Waals surface area (Å²) in [5.74, 6) is 0.592. The minimum atomic E-state index is -1.19. The molecule has 0 aliphatic carbocycles. The zero-order valence-corrected chi connectivity index (χ0v) is 16.4. The molecule has 0 bridgehead atoms. The Morgan fingerprint density at radius 2 is 1.96 bits per heavy atom. The highest BCUT2D eigenvalue weighted by molar-refractivity contribution is 9.10. The lowest BCUT2D eigenvalue weighted by atomic mass is 10.1. The highest BCUT2D eigenvalue weighted by atomic mass is 79.9. The van der Waals surface area contributed by atoms with E-state index in [1.54, 1.807) is 16.3 Å². The molecule has 27 heavy (non-hydrogen) atoms. The van der Waals surface area contributed by atoms with Crippen molar-refractivity contribution in [3.8, 4) is 0 Å². The molecule has 1 aliphatic heterocycles. The van der Waals surface area contributed by atoms with E-state index in [0.717, 1.165) is 15.1 Å². The zero-order valence-electron chi connectivity index (χ0n) is 14.0. The molecule has 0 unspecified atom stereocenters. The van der Waals surface area contributed by atoms with E-state index in [4.69, 9.17) is 4.74 Å². The molecule has 1 aliphatic rings. The Hall–Kier alpha value is -1.56. The molecular formula is C17H17BrN4O4S. The summed E-state index contributed by atoms with van der Waals surface area (Å²) in [7, 11) is 0. The first-order chi connectivity index (χ1) is 13.1. The van der Waals surface area contributed by atoms with Gasteiger partial charge >= 0.3 is 0 Å². The van der Waals surface area contributed by atoms with Crippen LogP contribution in [0.5, 0.6) is 0 Å². The van der Waals surface area contributed by atoms with Crippen LogP contribution in [0.4, 0.5) is 0 Å². The van der Waals surface area contributed by atoms with E-state index in [1.807, 2.05) is 24.3 Å². The SMILES string of the molecule is OC[C@H]1O[C@@H](n2cnc3c(CSc4ccccc4Br)ncnc32)[C@H](O)[C@@H]1O. The Kier molecular flexibility index (Phi) is 5.44. The van der Waals surface area contributed by atoms with E-state index < -0.39 is 24.5 Å². The molecule has 1 aromatic carbocycles. The summed E-state index contributed by atoms with van der Waals surface area (Å²) in [6.45, 7) is -0.385. The lowest BCUT2D eigenvalue weighted by Crippen LogP contribution is -2.33. The van der Waals surface area contributed by atoms with E-state index >= 15 is 0 Å². The van der Waals surface area contributed by atoms with Crippen LogP contribution in [0, 0.1) is 0 Å². The summed E-state index contributed by atoms with van der Waals surface area (Å²) in [5.41, 5.74) is 1.86. The fraction of sp³-hybridized carbons (Fsp3) is 0.353. The maximum absolute atomic E-state index is 10.3. The van der Waals surface area contributed by atoms with Gasteiger partial charge in [-0.15, -0.1) is 11.8 Å². The lowest BCUT2D eigenvalue weighted by molar-refractivity contribution is -0.0511. The molecule has 3 heterocycles. The van der Waals surface area contributed by atoms with Crippen LogP contribution in [0.1, 0.15) is 11.9 Å². The third-order valence-corrected chi connectivity index (χ3v) is 6.47. The molecule has 3 N–H and O–H groups in total. The van der Waals surface area contributed by atoms with Crippen LogP contribution in [-0.4, -0.2) is 59.8 Å². The number of hydrogen-bond donors (Lipinski definition) is 3. The maximum atomic E-state index is 10.3. The number of halogens is 1. The molecule has 3 aromatic rings. The van der Waals surface area contributed by atoms with Crippen molar-refractivity contribution in [1.82, 2.24) is 19.5 Å². The number of imidazole rings is 1. The van der Waals surface area contributed by atoms with Gasteiger partial charge in [-0.3, -0.25) is 4.57 Å².